The molecule has 1 rings (SSSR count). The lowest BCUT2D eigenvalue weighted by Gasteiger charge is -1.77. The summed E-state index contributed by atoms with van der Waals surface area (Å²) in [4.78, 5) is 9.81. The van der Waals surface area contributed by atoms with E-state index in [1.165, 1.54) is 11.3 Å². The van der Waals surface area contributed by atoms with Crippen LogP contribution >= 0.6 is 56.5 Å². The molecule has 10 heavy (non-hydrogen) atoms. The minimum Gasteiger partial charge on any atom is -0.258 e. The standard InChI is InChI=1S/C4HI2NO2S/c5-2-1-3(7(8)9)10-4(2)6/h1H. The van der Waals surface area contributed by atoms with Crippen LogP contribution in [-0.4, -0.2) is 4.92 Å². The van der Waals surface area contributed by atoms with Gasteiger partial charge in [-0.1, -0.05) is 11.3 Å². The van der Waals surface area contributed by atoms with Crippen molar-refractivity contribution in [2.24, 2.45) is 0 Å². The highest BCUT2D eigenvalue weighted by atomic mass is 127. The van der Waals surface area contributed by atoms with E-state index in [0.29, 0.717) is 0 Å². The van der Waals surface area contributed by atoms with Crippen LogP contribution in [0.25, 0.3) is 0 Å². The van der Waals surface area contributed by atoms with Gasteiger partial charge in [-0.2, -0.15) is 0 Å². The molecule has 6 heteroatoms. The lowest BCUT2D eigenvalue weighted by molar-refractivity contribution is -0.380. The van der Waals surface area contributed by atoms with Crippen molar-refractivity contribution < 1.29 is 4.92 Å². The maximum absolute atomic E-state index is 10.2. The summed E-state index contributed by atoms with van der Waals surface area (Å²) in [7, 11) is 0. The Balaban J connectivity index is 3.10. The Morgan fingerprint density at radius 1 is 1.60 bits per heavy atom. The minimum atomic E-state index is -0.366. The summed E-state index contributed by atoms with van der Waals surface area (Å²) in [6, 6.07) is 1.58. The van der Waals surface area contributed by atoms with Crippen LogP contribution in [0.1, 0.15) is 0 Å². The molecule has 0 saturated carbocycles. The van der Waals surface area contributed by atoms with Gasteiger partial charge in [-0.3, -0.25) is 10.1 Å². The predicted molar refractivity (Wildman–Crippen MR) is 56.4 cm³/mol. The third-order valence-electron chi connectivity index (χ3n) is 0.812. The van der Waals surface area contributed by atoms with Gasteiger partial charge in [0.1, 0.15) is 0 Å². The van der Waals surface area contributed by atoms with E-state index >= 15 is 0 Å². The molecular formula is C4HI2NO2S. The fraction of sp³-hybridized carbons (Fsp3) is 0. The Kier molecular flexibility index (Phi) is 2.86. The Morgan fingerprint density at radius 2 is 2.20 bits per heavy atom. The van der Waals surface area contributed by atoms with Gasteiger partial charge < -0.3 is 0 Å². The lowest BCUT2D eigenvalue weighted by Crippen LogP contribution is -1.80. The highest BCUT2D eigenvalue weighted by Crippen LogP contribution is 2.30. The van der Waals surface area contributed by atoms with Crippen LogP contribution in [0.2, 0.25) is 0 Å². The van der Waals surface area contributed by atoms with Crippen LogP contribution in [-0.2, 0) is 0 Å². The fourth-order valence-electron chi connectivity index (χ4n) is 0.425. The second kappa shape index (κ2) is 3.30. The molecular weight excluding hydrogens is 380 g/mol. The number of nitro groups is 1. The predicted octanol–water partition coefficient (Wildman–Crippen LogP) is 2.87. The number of halogens is 2. The van der Waals surface area contributed by atoms with Crippen molar-refractivity contribution in [1.82, 2.24) is 0 Å². The van der Waals surface area contributed by atoms with Crippen molar-refractivity contribution in [3.05, 3.63) is 22.6 Å². The number of hydrogen-bond acceptors (Lipinski definition) is 3. The van der Waals surface area contributed by atoms with Crippen LogP contribution in [0, 0.1) is 16.6 Å². The molecule has 0 radical (unpaired) electrons. The summed E-state index contributed by atoms with van der Waals surface area (Å²) in [5.41, 5.74) is 0. The van der Waals surface area contributed by atoms with Gasteiger partial charge in [-0.25, -0.2) is 0 Å². The second-order valence-electron chi connectivity index (χ2n) is 1.46. The summed E-state index contributed by atoms with van der Waals surface area (Å²) in [5.74, 6) is 0. The van der Waals surface area contributed by atoms with Gasteiger partial charge in [0.25, 0.3) is 0 Å². The molecule has 0 aliphatic carbocycles. The van der Waals surface area contributed by atoms with E-state index in [4.69, 9.17) is 0 Å². The van der Waals surface area contributed by atoms with Gasteiger partial charge in [0.05, 0.1) is 7.81 Å². The van der Waals surface area contributed by atoms with Crippen molar-refractivity contribution in [3.8, 4) is 0 Å². The number of rotatable bonds is 1. The third-order valence-corrected chi connectivity index (χ3v) is 5.18. The highest BCUT2D eigenvalue weighted by molar-refractivity contribution is 14.1. The molecule has 0 aromatic carbocycles. The zero-order valence-electron chi connectivity index (χ0n) is 4.51. The molecule has 0 amide bonds. The number of nitrogens with zero attached hydrogens (tertiary/aromatic N) is 1. The molecule has 1 aromatic heterocycles. The molecule has 0 spiro atoms. The van der Waals surface area contributed by atoms with Crippen molar-refractivity contribution in [2.45, 2.75) is 0 Å². The van der Waals surface area contributed by atoms with Gasteiger partial charge in [0.2, 0.25) is 0 Å². The van der Waals surface area contributed by atoms with E-state index in [0.717, 1.165) is 6.45 Å². The second-order valence-corrected chi connectivity index (χ2v) is 5.47. The first-order valence-corrected chi connectivity index (χ1v) is 5.18. The third kappa shape index (κ3) is 1.78. The minimum absolute atomic E-state index is 0.216. The zero-order valence-corrected chi connectivity index (χ0v) is 9.64. The maximum Gasteiger partial charge on any atom is 0.326 e. The Bertz CT molecular complexity index is 253. The van der Waals surface area contributed by atoms with Crippen molar-refractivity contribution >= 4 is 61.5 Å². The van der Waals surface area contributed by atoms with Gasteiger partial charge in [0.15, 0.2) is 0 Å². The first kappa shape index (κ1) is 8.65. The fourth-order valence-corrected chi connectivity index (χ4v) is 2.69. The molecule has 0 N–H and O–H groups in total. The van der Waals surface area contributed by atoms with Gasteiger partial charge >= 0.3 is 5.00 Å². The van der Waals surface area contributed by atoms with E-state index in [1.54, 1.807) is 6.07 Å². The van der Waals surface area contributed by atoms with Crippen molar-refractivity contribution in [2.75, 3.05) is 0 Å². The summed E-state index contributed by atoms with van der Waals surface area (Å²) in [6.45, 7) is 0. The number of thiophene rings is 1. The normalized spacial score (nSPS) is 9.80. The smallest absolute Gasteiger partial charge is 0.258 e. The van der Waals surface area contributed by atoms with E-state index in [9.17, 15) is 10.1 Å². The van der Waals surface area contributed by atoms with Gasteiger partial charge in [-0.15, -0.1) is 0 Å². The molecule has 0 saturated heterocycles. The van der Waals surface area contributed by atoms with Crippen LogP contribution in [0.4, 0.5) is 5.00 Å². The van der Waals surface area contributed by atoms with E-state index in [-0.39, 0.29) is 9.92 Å². The average Bonchev–Trinajstić information content (AvgIpc) is 2.13. The largest absolute Gasteiger partial charge is 0.326 e. The molecule has 1 aromatic rings. The van der Waals surface area contributed by atoms with E-state index in [2.05, 4.69) is 45.2 Å². The summed E-state index contributed by atoms with van der Waals surface area (Å²) in [6.07, 6.45) is 0. The van der Waals surface area contributed by atoms with E-state index in [1.807, 2.05) is 0 Å². The Labute approximate surface area is 88.2 Å². The molecule has 0 atom stereocenters. The first-order valence-electron chi connectivity index (χ1n) is 2.20. The molecule has 0 bridgehead atoms. The Hall–Kier alpha value is 0.560. The summed E-state index contributed by atoms with van der Waals surface area (Å²) >= 11 is 5.36. The monoisotopic (exact) mass is 381 g/mol. The molecule has 0 aliphatic rings. The molecule has 0 aliphatic heterocycles. The average molecular weight is 381 g/mol. The summed E-state index contributed by atoms with van der Waals surface area (Å²) in [5, 5.41) is 10.4. The van der Waals surface area contributed by atoms with Gasteiger partial charge in [-0.05, 0) is 45.2 Å². The summed E-state index contributed by atoms with van der Waals surface area (Å²) < 4.78 is 1.93. The van der Waals surface area contributed by atoms with Crippen LogP contribution in [0.5, 0.6) is 0 Å². The Morgan fingerprint density at radius 3 is 2.40 bits per heavy atom. The van der Waals surface area contributed by atoms with Gasteiger partial charge in [0, 0.05) is 9.64 Å². The van der Waals surface area contributed by atoms with Crippen molar-refractivity contribution in [3.63, 3.8) is 0 Å². The quantitative estimate of drug-likeness (QED) is 0.427. The van der Waals surface area contributed by atoms with Crippen LogP contribution < -0.4 is 0 Å². The molecule has 0 fully saturated rings. The zero-order chi connectivity index (χ0) is 7.72. The molecule has 54 valence electrons. The maximum atomic E-state index is 10.2. The lowest BCUT2D eigenvalue weighted by atomic mass is 10.6. The van der Waals surface area contributed by atoms with E-state index < -0.39 is 0 Å². The first-order chi connectivity index (χ1) is 4.61. The van der Waals surface area contributed by atoms with Crippen LogP contribution in [0.15, 0.2) is 6.07 Å². The van der Waals surface area contributed by atoms with Crippen LogP contribution in [0.3, 0.4) is 0 Å². The number of hydrogen-bond donors (Lipinski definition) is 0. The highest BCUT2D eigenvalue weighted by Gasteiger charge is 2.12. The van der Waals surface area contributed by atoms with Crippen molar-refractivity contribution in [1.29, 1.82) is 0 Å². The topological polar surface area (TPSA) is 43.1 Å². The molecule has 3 nitrogen and oxygen atoms in total. The molecule has 0 unspecified atom stereocenters. The molecule has 1 heterocycles. The SMILES string of the molecule is O=[N+]([O-])c1cc(I)c(I)s1.